The zero-order valence-corrected chi connectivity index (χ0v) is 19.6. The normalized spacial score (nSPS) is 10.9. The number of hydrogen-bond donors (Lipinski definition) is 1. The van der Waals surface area contributed by atoms with Crippen molar-refractivity contribution >= 4 is 49.2 Å². The Bertz CT molecular complexity index is 1430. The lowest BCUT2D eigenvalue weighted by Crippen LogP contribution is -2.13. The molecule has 2 aromatic heterocycles. The molecule has 3 aromatic carbocycles. The first-order valence-electron chi connectivity index (χ1n) is 10.1. The van der Waals surface area contributed by atoms with E-state index in [1.54, 1.807) is 0 Å². The zero-order valence-electron chi connectivity index (χ0n) is 17.2. The van der Waals surface area contributed by atoms with Gasteiger partial charge in [-0.15, -0.1) is 11.3 Å². The van der Waals surface area contributed by atoms with Crippen LogP contribution in [0.5, 0.6) is 0 Å². The molecule has 0 bridgehead atoms. The zero-order chi connectivity index (χ0) is 22.1. The Hall–Kier alpha value is -3.35. The van der Waals surface area contributed by atoms with Gasteiger partial charge >= 0.3 is 0 Å². The topological polar surface area (TPSA) is 54.9 Å². The second kappa shape index (κ2) is 8.65. The van der Waals surface area contributed by atoms with E-state index in [0.29, 0.717) is 10.7 Å². The van der Waals surface area contributed by atoms with E-state index in [2.05, 4.69) is 26.2 Å². The quantitative estimate of drug-likeness (QED) is 0.281. The van der Waals surface area contributed by atoms with E-state index in [1.807, 2.05) is 91.9 Å². The van der Waals surface area contributed by atoms with E-state index in [4.69, 9.17) is 4.98 Å². The first-order valence-corrected chi connectivity index (χ1v) is 11.7. The summed E-state index contributed by atoms with van der Waals surface area (Å²) in [5.41, 5.74) is 4.97. The highest BCUT2D eigenvalue weighted by atomic mass is 79.9. The van der Waals surface area contributed by atoms with Gasteiger partial charge in [-0.2, -0.15) is 0 Å². The number of amides is 1. The minimum Gasteiger partial charge on any atom is -0.298 e. The maximum absolute atomic E-state index is 13.3. The third kappa shape index (κ3) is 4.07. The number of fused-ring (bicyclic) bond motifs is 1. The van der Waals surface area contributed by atoms with Gasteiger partial charge in [0.15, 0.2) is 5.13 Å². The Balaban J connectivity index is 1.53. The maximum atomic E-state index is 13.3. The number of para-hydroxylation sites is 1. The molecule has 0 aliphatic rings. The number of aromatic nitrogens is 2. The molecule has 0 fully saturated rings. The van der Waals surface area contributed by atoms with Crippen LogP contribution in [0.3, 0.4) is 0 Å². The summed E-state index contributed by atoms with van der Waals surface area (Å²) in [4.78, 5) is 23.9. The van der Waals surface area contributed by atoms with Crippen LogP contribution in [0.25, 0.3) is 33.4 Å². The molecule has 0 saturated heterocycles. The second-order valence-corrected chi connectivity index (χ2v) is 9.44. The van der Waals surface area contributed by atoms with Crippen molar-refractivity contribution in [3.05, 3.63) is 99.8 Å². The average molecular weight is 500 g/mol. The van der Waals surface area contributed by atoms with Gasteiger partial charge in [0.1, 0.15) is 0 Å². The smallest absolute Gasteiger partial charge is 0.258 e. The highest BCUT2D eigenvalue weighted by molar-refractivity contribution is 9.10. The predicted molar refractivity (Wildman–Crippen MR) is 135 cm³/mol. The van der Waals surface area contributed by atoms with Crippen molar-refractivity contribution in [2.45, 2.75) is 6.92 Å². The lowest BCUT2D eigenvalue weighted by molar-refractivity contribution is 0.102. The van der Waals surface area contributed by atoms with E-state index < -0.39 is 0 Å². The number of hydrogen-bond acceptors (Lipinski definition) is 4. The molecular formula is C26H18BrN3OS. The standard InChI is InChI=1S/C26H18BrN3OS/c1-16-24(18-7-3-2-4-8-18)29-26(32-16)30-25(31)21-15-23(17-11-13-19(27)14-12-17)28-22-10-6-5-9-20(21)22/h2-15H,1H3,(H,29,30,31). The summed E-state index contributed by atoms with van der Waals surface area (Å²) in [7, 11) is 0. The van der Waals surface area contributed by atoms with Gasteiger partial charge in [0.25, 0.3) is 5.91 Å². The van der Waals surface area contributed by atoms with Crippen LogP contribution in [-0.2, 0) is 0 Å². The van der Waals surface area contributed by atoms with Crippen molar-refractivity contribution in [2.24, 2.45) is 0 Å². The molecule has 2 heterocycles. The first kappa shape index (κ1) is 20.5. The number of thiazole rings is 1. The summed E-state index contributed by atoms with van der Waals surface area (Å²) < 4.78 is 0.994. The molecule has 1 amide bonds. The minimum absolute atomic E-state index is 0.199. The number of carbonyl (C=O) groups is 1. The van der Waals surface area contributed by atoms with E-state index in [9.17, 15) is 4.79 Å². The molecule has 0 saturated carbocycles. The lowest BCUT2D eigenvalue weighted by Gasteiger charge is -2.10. The lowest BCUT2D eigenvalue weighted by atomic mass is 10.0. The molecule has 32 heavy (non-hydrogen) atoms. The van der Waals surface area contributed by atoms with Crippen LogP contribution < -0.4 is 5.32 Å². The van der Waals surface area contributed by atoms with Crippen molar-refractivity contribution in [2.75, 3.05) is 5.32 Å². The number of benzene rings is 3. The third-order valence-electron chi connectivity index (χ3n) is 5.17. The van der Waals surface area contributed by atoms with Crippen LogP contribution in [0, 0.1) is 6.92 Å². The summed E-state index contributed by atoms with van der Waals surface area (Å²) in [5, 5.41) is 4.39. The Kier molecular flexibility index (Phi) is 5.55. The highest BCUT2D eigenvalue weighted by Gasteiger charge is 2.17. The fourth-order valence-corrected chi connectivity index (χ4v) is 4.71. The Morgan fingerprint density at radius 2 is 1.59 bits per heavy atom. The van der Waals surface area contributed by atoms with E-state index in [0.717, 1.165) is 42.8 Å². The third-order valence-corrected chi connectivity index (χ3v) is 6.58. The highest BCUT2D eigenvalue weighted by Crippen LogP contribution is 2.31. The summed E-state index contributed by atoms with van der Waals surface area (Å²) in [6.07, 6.45) is 0. The molecule has 5 aromatic rings. The molecule has 0 atom stereocenters. The van der Waals surface area contributed by atoms with Crippen molar-refractivity contribution in [3.8, 4) is 22.5 Å². The minimum atomic E-state index is -0.199. The van der Waals surface area contributed by atoms with Gasteiger partial charge in [-0.1, -0.05) is 76.6 Å². The maximum Gasteiger partial charge on any atom is 0.258 e. The van der Waals surface area contributed by atoms with Gasteiger partial charge in [-0.3, -0.25) is 10.1 Å². The van der Waals surface area contributed by atoms with E-state index in [1.165, 1.54) is 11.3 Å². The second-order valence-electron chi connectivity index (χ2n) is 7.32. The van der Waals surface area contributed by atoms with Crippen molar-refractivity contribution in [3.63, 3.8) is 0 Å². The summed E-state index contributed by atoms with van der Waals surface area (Å²) in [6.45, 7) is 2.02. The van der Waals surface area contributed by atoms with Crippen LogP contribution >= 0.6 is 27.3 Å². The number of anilines is 1. The summed E-state index contributed by atoms with van der Waals surface area (Å²) in [5.74, 6) is -0.199. The monoisotopic (exact) mass is 499 g/mol. The van der Waals surface area contributed by atoms with E-state index >= 15 is 0 Å². The molecule has 0 unspecified atom stereocenters. The molecule has 1 N–H and O–H groups in total. The van der Waals surface area contributed by atoms with Gasteiger partial charge < -0.3 is 0 Å². The van der Waals surface area contributed by atoms with Gasteiger partial charge in [0, 0.05) is 25.9 Å². The van der Waals surface area contributed by atoms with Gasteiger partial charge in [0.2, 0.25) is 0 Å². The number of nitrogens with zero attached hydrogens (tertiary/aromatic N) is 2. The average Bonchev–Trinajstić information content (AvgIpc) is 3.19. The first-order chi connectivity index (χ1) is 15.6. The molecule has 156 valence electrons. The Labute approximate surface area is 198 Å². The fourth-order valence-electron chi connectivity index (χ4n) is 3.61. The van der Waals surface area contributed by atoms with Crippen molar-refractivity contribution in [1.29, 1.82) is 0 Å². The SMILES string of the molecule is Cc1sc(NC(=O)c2cc(-c3ccc(Br)cc3)nc3ccccc23)nc1-c1ccccc1. The summed E-state index contributed by atoms with van der Waals surface area (Å²) >= 11 is 4.94. The number of carbonyl (C=O) groups excluding carboxylic acids is 1. The van der Waals surface area contributed by atoms with Gasteiger partial charge in [0.05, 0.1) is 22.5 Å². The molecule has 6 heteroatoms. The number of pyridine rings is 1. The number of rotatable bonds is 4. The van der Waals surface area contributed by atoms with Crippen LogP contribution in [0.4, 0.5) is 5.13 Å². The van der Waals surface area contributed by atoms with Crippen LogP contribution in [0.1, 0.15) is 15.2 Å². The molecule has 5 rings (SSSR count). The van der Waals surface area contributed by atoms with E-state index in [-0.39, 0.29) is 5.91 Å². The van der Waals surface area contributed by atoms with Gasteiger partial charge in [-0.05, 0) is 31.2 Å². The number of aryl methyl sites for hydroxylation is 1. The van der Waals surface area contributed by atoms with Crippen molar-refractivity contribution < 1.29 is 4.79 Å². The Morgan fingerprint density at radius 1 is 0.875 bits per heavy atom. The Morgan fingerprint density at radius 3 is 2.38 bits per heavy atom. The predicted octanol–water partition coefficient (Wildman–Crippen LogP) is 7.35. The van der Waals surface area contributed by atoms with Crippen LogP contribution in [0.15, 0.2) is 89.4 Å². The molecular weight excluding hydrogens is 482 g/mol. The molecule has 0 spiro atoms. The molecule has 0 radical (unpaired) electrons. The van der Waals surface area contributed by atoms with Crippen molar-refractivity contribution in [1.82, 2.24) is 9.97 Å². The fraction of sp³-hybridized carbons (Fsp3) is 0.0385. The van der Waals surface area contributed by atoms with Crippen LogP contribution in [0.2, 0.25) is 0 Å². The van der Waals surface area contributed by atoms with Gasteiger partial charge in [-0.25, -0.2) is 9.97 Å². The number of nitrogens with one attached hydrogen (secondary N) is 1. The molecule has 0 aliphatic carbocycles. The summed E-state index contributed by atoms with van der Waals surface area (Å²) in [6, 6.07) is 27.4. The number of halogens is 1. The largest absolute Gasteiger partial charge is 0.298 e. The molecule has 0 aliphatic heterocycles. The molecule has 4 nitrogen and oxygen atoms in total. The van der Waals surface area contributed by atoms with Crippen LogP contribution in [-0.4, -0.2) is 15.9 Å².